The van der Waals surface area contributed by atoms with Crippen molar-refractivity contribution < 1.29 is 19.2 Å². The van der Waals surface area contributed by atoms with E-state index in [1.165, 1.54) is 84.9 Å². The van der Waals surface area contributed by atoms with Crippen LogP contribution in [-0.2, 0) is 0 Å². The molecule has 0 atom stereocenters. The van der Waals surface area contributed by atoms with E-state index in [0.717, 1.165) is 8.80 Å². The molecule has 4 amide bonds. The number of imide groups is 2. The summed E-state index contributed by atoms with van der Waals surface area (Å²) in [6.45, 7) is 0. The Bertz CT molecular complexity index is 3340. The van der Waals surface area contributed by atoms with E-state index in [9.17, 15) is 33.6 Å². The van der Waals surface area contributed by atoms with E-state index in [1.54, 1.807) is 12.1 Å². The molecular weight excluding hydrogens is 668 g/mol. The van der Waals surface area contributed by atoms with Crippen molar-refractivity contribution in [1.29, 1.82) is 0 Å². The number of amides is 4. The largest absolute Gasteiger partial charge is 0.287 e. The van der Waals surface area contributed by atoms with Gasteiger partial charge in [-0.05, 0) is 36.4 Å². The number of aromatic nitrogens is 2. The summed E-state index contributed by atoms with van der Waals surface area (Å²) in [6, 6.07) is 23.2. The second-order valence-electron chi connectivity index (χ2n) is 12.4. The zero-order valence-electron chi connectivity index (χ0n) is 26.2. The van der Waals surface area contributed by atoms with Gasteiger partial charge in [-0.1, -0.05) is 60.7 Å². The molecule has 0 N–H and O–H groups in total. The van der Waals surface area contributed by atoms with Gasteiger partial charge in [0, 0.05) is 16.2 Å². The van der Waals surface area contributed by atoms with E-state index in [4.69, 9.17) is 0 Å². The predicted octanol–water partition coefficient (Wildman–Crippen LogP) is 2.93. The summed E-state index contributed by atoms with van der Waals surface area (Å²) < 4.78 is 1.57. The average molecular weight is 685 g/mol. The lowest BCUT2D eigenvalue weighted by atomic mass is 10.1. The normalized spacial score (nSPS) is 14.2. The van der Waals surface area contributed by atoms with E-state index in [1.807, 2.05) is 0 Å². The molecule has 2 aliphatic rings. The molecule has 246 valence electrons. The fourth-order valence-corrected chi connectivity index (χ4v) is 7.68. The molecule has 8 aromatic rings. The smallest absolute Gasteiger partial charge is 0.266 e. The van der Waals surface area contributed by atoms with Crippen molar-refractivity contribution in [2.24, 2.45) is 0 Å². The third-order valence-electron chi connectivity index (χ3n) is 9.90. The van der Waals surface area contributed by atoms with Crippen LogP contribution in [0, 0.1) is 0 Å². The molecule has 13 heteroatoms. The summed E-state index contributed by atoms with van der Waals surface area (Å²) in [5.41, 5.74) is -9.69. The Hall–Kier alpha value is -7.67. The molecule has 0 spiro atoms. The lowest BCUT2D eigenvalue weighted by Crippen LogP contribution is -2.43. The zero-order chi connectivity index (χ0) is 35.9. The van der Waals surface area contributed by atoms with Gasteiger partial charge in [0.1, 0.15) is 27.9 Å². The van der Waals surface area contributed by atoms with Crippen molar-refractivity contribution in [1.82, 2.24) is 8.80 Å². The van der Waals surface area contributed by atoms with Gasteiger partial charge >= 0.3 is 0 Å². The van der Waals surface area contributed by atoms with Gasteiger partial charge in [0.25, 0.3) is 34.7 Å². The number of hydrogen-bond acceptors (Lipinski definition) is 9. The highest BCUT2D eigenvalue weighted by Gasteiger charge is 2.46. The van der Waals surface area contributed by atoms with E-state index < -0.39 is 79.0 Å². The first-order valence-corrected chi connectivity index (χ1v) is 15.8. The number of nitrogens with zero attached hydrogens (tertiary/aromatic N) is 4. The maximum Gasteiger partial charge on any atom is 0.266 e. The van der Waals surface area contributed by atoms with Crippen LogP contribution in [0.3, 0.4) is 0 Å². The van der Waals surface area contributed by atoms with Crippen molar-refractivity contribution in [2.75, 3.05) is 9.80 Å². The van der Waals surface area contributed by atoms with Crippen LogP contribution in [-0.4, -0.2) is 32.4 Å². The number of hydrogen-bond donors (Lipinski definition) is 0. The van der Waals surface area contributed by atoms with E-state index >= 15 is 9.59 Å². The van der Waals surface area contributed by atoms with Crippen molar-refractivity contribution in [3.63, 3.8) is 0 Å². The molecule has 10 rings (SSSR count). The second-order valence-corrected chi connectivity index (χ2v) is 12.4. The van der Waals surface area contributed by atoms with Crippen LogP contribution in [0.25, 0.3) is 43.6 Å². The second kappa shape index (κ2) is 9.73. The number of pyridine rings is 1. The molecule has 0 fully saturated rings. The van der Waals surface area contributed by atoms with Crippen LogP contribution in [0.4, 0.5) is 11.4 Å². The Balaban J connectivity index is 1.51. The van der Waals surface area contributed by atoms with Crippen LogP contribution in [0.15, 0.2) is 121 Å². The fraction of sp³-hybridized carbons (Fsp3) is 0. The van der Waals surface area contributed by atoms with Gasteiger partial charge < -0.3 is 0 Å². The Morgan fingerprint density at radius 2 is 0.615 bits per heavy atom. The number of carbonyl (C=O) groups is 4. The number of fused-ring (bicyclic) bond motifs is 11. The SMILES string of the molecule is O=C1c2ccccc2C(=O)N1c1c(N2C(=O)c3ccccc3C2=O)c(=O)c2c(c1=O)n1c(=O)c3ccccc3c(=O)c1c1c3ccccc3c(=O)n21. The molecule has 0 aliphatic carbocycles. The minimum absolute atomic E-state index is 0.0236. The van der Waals surface area contributed by atoms with Gasteiger partial charge in [-0.25, -0.2) is 9.80 Å². The molecule has 52 heavy (non-hydrogen) atoms. The highest BCUT2D eigenvalue weighted by atomic mass is 16.2. The van der Waals surface area contributed by atoms with Crippen molar-refractivity contribution >= 4 is 78.6 Å². The van der Waals surface area contributed by atoms with Gasteiger partial charge in [-0.3, -0.25) is 52.0 Å². The molecule has 0 bridgehead atoms. The highest BCUT2D eigenvalue weighted by Crippen LogP contribution is 2.37. The highest BCUT2D eigenvalue weighted by molar-refractivity contribution is 6.39. The number of anilines is 2. The lowest BCUT2D eigenvalue weighted by Gasteiger charge is -2.23. The zero-order valence-corrected chi connectivity index (χ0v) is 26.2. The van der Waals surface area contributed by atoms with Crippen molar-refractivity contribution in [2.45, 2.75) is 0 Å². The van der Waals surface area contributed by atoms with Gasteiger partial charge in [0.05, 0.1) is 33.2 Å². The summed E-state index contributed by atoms with van der Waals surface area (Å²) >= 11 is 0. The third-order valence-corrected chi connectivity index (χ3v) is 9.90. The molecular formula is C39H16N4O9. The minimum Gasteiger partial charge on any atom is -0.287 e. The summed E-state index contributed by atoms with van der Waals surface area (Å²) in [5, 5.41) is 0.0737. The molecule has 2 aliphatic heterocycles. The number of benzene rings is 5. The quantitative estimate of drug-likeness (QED) is 0.151. The maximum absolute atomic E-state index is 15.2. The average Bonchev–Trinajstić information content (AvgIpc) is 3.71. The van der Waals surface area contributed by atoms with E-state index in [2.05, 4.69) is 0 Å². The van der Waals surface area contributed by atoms with Crippen molar-refractivity contribution in [3.05, 3.63) is 171 Å². The molecule has 0 saturated carbocycles. The summed E-state index contributed by atoms with van der Waals surface area (Å²) in [5.74, 6) is -4.15. The van der Waals surface area contributed by atoms with Crippen LogP contribution >= 0.6 is 0 Å². The Morgan fingerprint density at radius 3 is 1.04 bits per heavy atom. The van der Waals surface area contributed by atoms with Gasteiger partial charge in [0.2, 0.25) is 16.3 Å². The first kappa shape index (κ1) is 29.3. The molecule has 5 heterocycles. The first-order chi connectivity index (χ1) is 25.1. The van der Waals surface area contributed by atoms with E-state index in [-0.39, 0.29) is 49.3 Å². The van der Waals surface area contributed by atoms with Gasteiger partial charge in [-0.15, -0.1) is 0 Å². The summed E-state index contributed by atoms with van der Waals surface area (Å²) in [6.07, 6.45) is 0. The third kappa shape index (κ3) is 3.29. The number of rotatable bonds is 2. The van der Waals surface area contributed by atoms with Crippen molar-refractivity contribution in [3.8, 4) is 0 Å². The predicted molar refractivity (Wildman–Crippen MR) is 190 cm³/mol. The van der Waals surface area contributed by atoms with Crippen LogP contribution in [0.5, 0.6) is 0 Å². The maximum atomic E-state index is 15.2. The van der Waals surface area contributed by atoms with Crippen LogP contribution in [0.2, 0.25) is 0 Å². The Morgan fingerprint density at radius 1 is 0.308 bits per heavy atom. The molecule has 0 unspecified atom stereocenters. The molecule has 0 radical (unpaired) electrons. The fourth-order valence-electron chi connectivity index (χ4n) is 7.68. The lowest BCUT2D eigenvalue weighted by molar-refractivity contribution is 0.0903. The Kier molecular flexibility index (Phi) is 5.48. The van der Waals surface area contributed by atoms with Crippen LogP contribution < -0.4 is 37.2 Å². The molecule has 5 aromatic carbocycles. The standard InChI is InChI=1S/C39H16N4O9/c44-31-18-10-2-4-12-20(18)35(48)41-26(31)25-17-9-1-3-11-19(17)34(47)40(25)27-28(41)33(46)30(43-38(51)23-15-7-8-16-24(23)39(43)52)29(32(27)45)42-36(49)21-13-5-6-14-22(21)37(42)50/h1-16H. The molecule has 13 nitrogen and oxygen atoms in total. The van der Waals surface area contributed by atoms with E-state index in [0.29, 0.717) is 9.80 Å². The molecule has 3 aromatic heterocycles. The topological polar surface area (TPSA) is 169 Å². The first-order valence-electron chi connectivity index (χ1n) is 15.8. The summed E-state index contributed by atoms with van der Waals surface area (Å²) in [7, 11) is 0. The minimum atomic E-state index is -1.34. The van der Waals surface area contributed by atoms with Gasteiger partial charge in [-0.2, -0.15) is 0 Å². The van der Waals surface area contributed by atoms with Gasteiger partial charge in [0.15, 0.2) is 0 Å². The Labute approximate surface area is 286 Å². The van der Waals surface area contributed by atoms with Crippen LogP contribution in [0.1, 0.15) is 41.4 Å². The molecule has 0 saturated heterocycles. The monoisotopic (exact) mass is 684 g/mol. The summed E-state index contributed by atoms with van der Waals surface area (Å²) in [4.78, 5) is 130. The number of carbonyl (C=O) groups excluding carboxylic acids is 4.